The molecular weight excluding hydrogens is 294 g/mol. The molecule has 1 atom stereocenters. The van der Waals surface area contributed by atoms with Gasteiger partial charge in [-0.3, -0.25) is 4.79 Å². The van der Waals surface area contributed by atoms with Crippen LogP contribution in [0.3, 0.4) is 0 Å². The fourth-order valence-corrected chi connectivity index (χ4v) is 2.78. The van der Waals surface area contributed by atoms with Crippen molar-refractivity contribution >= 4 is 5.91 Å². The molecule has 0 bridgehead atoms. The molecule has 0 spiro atoms. The SMILES string of the molecule is Cc1nnnn1C(Cc1ccccc1)C(=O)NCC1(O)CCC1. The lowest BCUT2D eigenvalue weighted by atomic mass is 9.80. The summed E-state index contributed by atoms with van der Waals surface area (Å²) in [6.07, 6.45) is 2.98. The maximum Gasteiger partial charge on any atom is 0.245 e. The van der Waals surface area contributed by atoms with Crippen LogP contribution in [0.15, 0.2) is 30.3 Å². The van der Waals surface area contributed by atoms with E-state index >= 15 is 0 Å². The standard InChI is InChI=1S/C16H21N5O2/c1-12-18-19-20-21(12)14(10-13-6-3-2-4-7-13)15(22)17-11-16(23)8-5-9-16/h2-4,6-7,14,23H,5,8-11H2,1H3,(H,17,22). The van der Waals surface area contributed by atoms with E-state index in [-0.39, 0.29) is 12.5 Å². The molecule has 1 heterocycles. The molecule has 1 aliphatic carbocycles. The number of rotatable bonds is 6. The summed E-state index contributed by atoms with van der Waals surface area (Å²) in [5.41, 5.74) is 0.285. The first-order chi connectivity index (χ1) is 11.1. The largest absolute Gasteiger partial charge is 0.388 e. The summed E-state index contributed by atoms with van der Waals surface area (Å²) in [4.78, 5) is 12.6. The van der Waals surface area contributed by atoms with Crippen molar-refractivity contribution in [2.24, 2.45) is 0 Å². The van der Waals surface area contributed by atoms with Crippen LogP contribution in [-0.2, 0) is 11.2 Å². The predicted octanol–water partition coefficient (Wildman–Crippen LogP) is 0.797. The van der Waals surface area contributed by atoms with E-state index in [0.29, 0.717) is 12.2 Å². The number of amides is 1. The van der Waals surface area contributed by atoms with Crippen LogP contribution in [-0.4, -0.2) is 43.4 Å². The van der Waals surface area contributed by atoms with Crippen molar-refractivity contribution in [1.82, 2.24) is 25.5 Å². The molecule has 1 unspecified atom stereocenters. The van der Waals surface area contributed by atoms with Gasteiger partial charge in [0.25, 0.3) is 0 Å². The molecular formula is C16H21N5O2. The Morgan fingerprint density at radius 1 is 1.39 bits per heavy atom. The van der Waals surface area contributed by atoms with Crippen LogP contribution >= 0.6 is 0 Å². The lowest BCUT2D eigenvalue weighted by Gasteiger charge is -2.36. The van der Waals surface area contributed by atoms with Gasteiger partial charge in [-0.15, -0.1) is 5.10 Å². The maximum atomic E-state index is 12.6. The molecule has 1 aromatic carbocycles. The van der Waals surface area contributed by atoms with E-state index in [1.165, 1.54) is 4.68 Å². The zero-order valence-corrected chi connectivity index (χ0v) is 13.1. The Labute approximate surface area is 134 Å². The fourth-order valence-electron chi connectivity index (χ4n) is 2.78. The Morgan fingerprint density at radius 3 is 2.70 bits per heavy atom. The average molecular weight is 315 g/mol. The van der Waals surface area contributed by atoms with E-state index in [1.807, 2.05) is 30.3 Å². The molecule has 1 fully saturated rings. The van der Waals surface area contributed by atoms with Crippen LogP contribution in [0.25, 0.3) is 0 Å². The van der Waals surface area contributed by atoms with Crippen LogP contribution in [0, 0.1) is 6.92 Å². The molecule has 2 aromatic rings. The molecule has 23 heavy (non-hydrogen) atoms. The van der Waals surface area contributed by atoms with E-state index < -0.39 is 11.6 Å². The number of nitrogens with zero attached hydrogens (tertiary/aromatic N) is 4. The predicted molar refractivity (Wildman–Crippen MR) is 83.5 cm³/mol. The van der Waals surface area contributed by atoms with Crippen molar-refractivity contribution in [1.29, 1.82) is 0 Å². The van der Waals surface area contributed by atoms with Crippen molar-refractivity contribution in [2.45, 2.75) is 44.2 Å². The smallest absolute Gasteiger partial charge is 0.245 e. The van der Waals surface area contributed by atoms with E-state index in [0.717, 1.165) is 24.8 Å². The number of hydrogen-bond acceptors (Lipinski definition) is 5. The Morgan fingerprint density at radius 2 is 2.13 bits per heavy atom. The zero-order valence-electron chi connectivity index (χ0n) is 13.1. The summed E-state index contributed by atoms with van der Waals surface area (Å²) in [6.45, 7) is 2.04. The molecule has 7 heteroatoms. The molecule has 122 valence electrons. The first kappa shape index (κ1) is 15.6. The summed E-state index contributed by atoms with van der Waals surface area (Å²) >= 11 is 0. The maximum absolute atomic E-state index is 12.6. The number of nitrogens with one attached hydrogen (secondary N) is 1. The molecule has 2 N–H and O–H groups in total. The molecule has 3 rings (SSSR count). The van der Waals surface area contributed by atoms with Crippen LogP contribution in [0.5, 0.6) is 0 Å². The Bertz CT molecular complexity index is 666. The molecule has 0 aliphatic heterocycles. The Balaban J connectivity index is 1.74. The summed E-state index contributed by atoms with van der Waals surface area (Å²) in [5, 5.41) is 24.5. The van der Waals surface area contributed by atoms with Crippen LogP contribution in [0.4, 0.5) is 0 Å². The third-order valence-electron chi connectivity index (χ3n) is 4.40. The molecule has 1 amide bonds. The average Bonchev–Trinajstić information content (AvgIpc) is 2.95. The number of aromatic nitrogens is 4. The van der Waals surface area contributed by atoms with Gasteiger partial charge in [-0.1, -0.05) is 30.3 Å². The Hall–Kier alpha value is -2.28. The second kappa shape index (κ2) is 6.45. The summed E-state index contributed by atoms with van der Waals surface area (Å²) in [6, 6.07) is 9.23. The molecule has 0 saturated heterocycles. The van der Waals surface area contributed by atoms with Crippen LogP contribution < -0.4 is 5.32 Å². The second-order valence-corrected chi connectivity index (χ2v) is 6.17. The van der Waals surface area contributed by atoms with E-state index in [1.54, 1.807) is 6.92 Å². The van der Waals surface area contributed by atoms with E-state index in [4.69, 9.17) is 0 Å². The van der Waals surface area contributed by atoms with Gasteiger partial charge in [0.15, 0.2) is 0 Å². The van der Waals surface area contributed by atoms with Gasteiger partial charge in [-0.25, -0.2) is 4.68 Å². The van der Waals surface area contributed by atoms with Gasteiger partial charge in [0.2, 0.25) is 5.91 Å². The number of benzene rings is 1. The van der Waals surface area contributed by atoms with Crippen molar-refractivity contribution in [2.75, 3.05) is 6.54 Å². The minimum absolute atomic E-state index is 0.176. The number of aliphatic hydroxyl groups is 1. The van der Waals surface area contributed by atoms with Gasteiger partial charge < -0.3 is 10.4 Å². The minimum Gasteiger partial charge on any atom is -0.388 e. The van der Waals surface area contributed by atoms with Crippen LogP contribution in [0.1, 0.15) is 36.7 Å². The monoisotopic (exact) mass is 315 g/mol. The highest BCUT2D eigenvalue weighted by molar-refractivity contribution is 5.80. The van der Waals surface area contributed by atoms with E-state index in [2.05, 4.69) is 20.8 Å². The van der Waals surface area contributed by atoms with Crippen LogP contribution in [0.2, 0.25) is 0 Å². The van der Waals surface area contributed by atoms with Gasteiger partial charge in [0, 0.05) is 13.0 Å². The fraction of sp³-hybridized carbons (Fsp3) is 0.500. The third-order valence-corrected chi connectivity index (χ3v) is 4.40. The Kier molecular flexibility index (Phi) is 4.38. The summed E-state index contributed by atoms with van der Waals surface area (Å²) < 4.78 is 1.53. The number of tetrazole rings is 1. The normalized spacial score (nSPS) is 17.3. The number of carbonyl (C=O) groups excluding carboxylic acids is 1. The first-order valence-corrected chi connectivity index (χ1v) is 7.86. The summed E-state index contributed by atoms with van der Waals surface area (Å²) in [7, 11) is 0. The third kappa shape index (κ3) is 3.56. The van der Waals surface area contributed by atoms with Gasteiger partial charge >= 0.3 is 0 Å². The van der Waals surface area contributed by atoms with Crippen molar-refractivity contribution < 1.29 is 9.90 Å². The number of carbonyl (C=O) groups is 1. The molecule has 1 aliphatic rings. The highest BCUT2D eigenvalue weighted by Crippen LogP contribution is 2.30. The molecule has 7 nitrogen and oxygen atoms in total. The van der Waals surface area contributed by atoms with Gasteiger partial charge in [-0.05, 0) is 42.2 Å². The number of aryl methyl sites for hydroxylation is 1. The minimum atomic E-state index is -0.747. The lowest BCUT2D eigenvalue weighted by molar-refractivity contribution is -0.127. The van der Waals surface area contributed by atoms with Gasteiger partial charge in [0.1, 0.15) is 11.9 Å². The topological polar surface area (TPSA) is 92.9 Å². The van der Waals surface area contributed by atoms with E-state index in [9.17, 15) is 9.90 Å². The van der Waals surface area contributed by atoms with Crippen molar-refractivity contribution in [3.63, 3.8) is 0 Å². The molecule has 0 radical (unpaired) electrons. The highest BCUT2D eigenvalue weighted by Gasteiger charge is 2.35. The molecule has 1 aromatic heterocycles. The van der Waals surface area contributed by atoms with Crippen molar-refractivity contribution in [3.05, 3.63) is 41.7 Å². The molecule has 1 saturated carbocycles. The zero-order chi connectivity index (χ0) is 16.3. The summed E-state index contributed by atoms with van der Waals surface area (Å²) in [5.74, 6) is 0.410. The second-order valence-electron chi connectivity index (χ2n) is 6.17. The number of hydrogen-bond donors (Lipinski definition) is 2. The lowest BCUT2D eigenvalue weighted by Crippen LogP contribution is -2.49. The first-order valence-electron chi connectivity index (χ1n) is 7.86. The van der Waals surface area contributed by atoms with Gasteiger partial charge in [0.05, 0.1) is 5.60 Å². The van der Waals surface area contributed by atoms with Gasteiger partial charge in [-0.2, -0.15) is 0 Å². The quantitative estimate of drug-likeness (QED) is 0.822. The van der Waals surface area contributed by atoms with Crippen molar-refractivity contribution in [3.8, 4) is 0 Å². The highest BCUT2D eigenvalue weighted by atomic mass is 16.3.